The zero-order valence-electron chi connectivity index (χ0n) is 14.3. The average Bonchev–Trinajstić information content (AvgIpc) is 3.03. The Hall–Kier alpha value is -2.32. The molecular formula is C19H22N2O2. The van der Waals surface area contributed by atoms with Crippen molar-refractivity contribution in [2.24, 2.45) is 0 Å². The molecule has 120 valence electrons. The molecule has 0 bridgehead atoms. The Morgan fingerprint density at radius 1 is 1.39 bits per heavy atom. The molecule has 4 nitrogen and oxygen atoms in total. The van der Waals surface area contributed by atoms with Gasteiger partial charge in [-0.2, -0.15) is 0 Å². The fourth-order valence-electron chi connectivity index (χ4n) is 2.87. The molecule has 2 aliphatic rings. The zero-order chi connectivity index (χ0) is 16.8. The highest BCUT2D eigenvalue weighted by Gasteiger charge is 2.40. The van der Waals surface area contributed by atoms with Crippen LogP contribution in [-0.4, -0.2) is 23.2 Å². The first kappa shape index (κ1) is 15.6. The van der Waals surface area contributed by atoms with Crippen molar-refractivity contribution in [2.75, 3.05) is 11.4 Å². The summed E-state index contributed by atoms with van der Waals surface area (Å²) in [7, 11) is 0. The second-order valence-electron chi connectivity index (χ2n) is 7.62. The van der Waals surface area contributed by atoms with Crippen LogP contribution in [0.5, 0.6) is 0 Å². The summed E-state index contributed by atoms with van der Waals surface area (Å²) < 4.78 is 5.56. The average molecular weight is 310 g/mol. The number of allylic oxidation sites excluding steroid dienone is 3. The SMILES string of the molecule is CC(C)(C)OC(=O)N1CC(C)(C)c2cnc(C3=C=CC=C3)cc21. The van der Waals surface area contributed by atoms with E-state index in [1.54, 1.807) is 4.90 Å². The molecule has 1 aliphatic carbocycles. The van der Waals surface area contributed by atoms with E-state index in [0.29, 0.717) is 6.54 Å². The topological polar surface area (TPSA) is 42.4 Å². The lowest BCUT2D eigenvalue weighted by Crippen LogP contribution is -2.38. The molecule has 1 aromatic rings. The maximum absolute atomic E-state index is 12.6. The number of hydrogen-bond acceptors (Lipinski definition) is 3. The molecule has 0 atom stereocenters. The van der Waals surface area contributed by atoms with Gasteiger partial charge in [-0.05, 0) is 39.0 Å². The molecule has 0 aromatic carbocycles. The Balaban J connectivity index is 2.01. The first-order valence-corrected chi connectivity index (χ1v) is 7.82. The van der Waals surface area contributed by atoms with Crippen molar-refractivity contribution >= 4 is 17.4 Å². The second kappa shape index (κ2) is 5.10. The molecule has 4 heteroatoms. The van der Waals surface area contributed by atoms with Gasteiger partial charge >= 0.3 is 6.09 Å². The van der Waals surface area contributed by atoms with Crippen LogP contribution in [0.2, 0.25) is 0 Å². The predicted molar refractivity (Wildman–Crippen MR) is 91.5 cm³/mol. The first-order chi connectivity index (χ1) is 10.7. The molecule has 0 saturated carbocycles. The van der Waals surface area contributed by atoms with E-state index in [9.17, 15) is 4.79 Å². The maximum Gasteiger partial charge on any atom is 0.414 e. The molecule has 0 radical (unpaired) electrons. The van der Waals surface area contributed by atoms with Gasteiger partial charge in [-0.3, -0.25) is 9.88 Å². The van der Waals surface area contributed by atoms with Crippen LogP contribution in [-0.2, 0) is 10.2 Å². The third kappa shape index (κ3) is 2.95. The number of carbonyl (C=O) groups is 1. The number of hydrogen-bond donors (Lipinski definition) is 0. The lowest BCUT2D eigenvalue weighted by Gasteiger charge is -2.26. The van der Waals surface area contributed by atoms with E-state index in [1.807, 2.05) is 51.3 Å². The molecule has 23 heavy (non-hydrogen) atoms. The highest BCUT2D eigenvalue weighted by molar-refractivity contribution is 5.92. The number of pyridine rings is 1. The van der Waals surface area contributed by atoms with Crippen molar-refractivity contribution in [3.63, 3.8) is 0 Å². The molecule has 0 N–H and O–H groups in total. The summed E-state index contributed by atoms with van der Waals surface area (Å²) in [5, 5.41) is 0. The summed E-state index contributed by atoms with van der Waals surface area (Å²) in [5.74, 6) is 0. The van der Waals surface area contributed by atoms with E-state index in [1.165, 1.54) is 0 Å². The third-order valence-corrected chi connectivity index (χ3v) is 3.94. The van der Waals surface area contributed by atoms with Crippen molar-refractivity contribution in [2.45, 2.75) is 45.6 Å². The van der Waals surface area contributed by atoms with E-state index in [0.717, 1.165) is 22.5 Å². The Labute approximate surface area is 137 Å². The van der Waals surface area contributed by atoms with Crippen molar-refractivity contribution in [1.82, 2.24) is 4.98 Å². The number of nitrogens with zero attached hydrogens (tertiary/aromatic N) is 2. The van der Waals surface area contributed by atoms with Crippen LogP contribution in [0.1, 0.15) is 45.9 Å². The number of aromatic nitrogens is 1. The van der Waals surface area contributed by atoms with Crippen LogP contribution in [0.15, 0.2) is 36.2 Å². The van der Waals surface area contributed by atoms with E-state index >= 15 is 0 Å². The highest BCUT2D eigenvalue weighted by atomic mass is 16.6. The summed E-state index contributed by atoms with van der Waals surface area (Å²) in [5.41, 5.74) is 6.19. The minimum Gasteiger partial charge on any atom is -0.443 e. The molecule has 1 aliphatic heterocycles. The van der Waals surface area contributed by atoms with Gasteiger partial charge in [0.25, 0.3) is 0 Å². The molecule has 0 unspecified atom stereocenters. The van der Waals surface area contributed by atoms with Gasteiger partial charge in [0.15, 0.2) is 0 Å². The maximum atomic E-state index is 12.6. The van der Waals surface area contributed by atoms with Crippen LogP contribution in [0, 0.1) is 0 Å². The smallest absolute Gasteiger partial charge is 0.414 e. The van der Waals surface area contributed by atoms with Crippen molar-refractivity contribution in [3.05, 3.63) is 47.5 Å². The number of anilines is 1. The summed E-state index contributed by atoms with van der Waals surface area (Å²) >= 11 is 0. The van der Waals surface area contributed by atoms with Crippen molar-refractivity contribution in [1.29, 1.82) is 0 Å². The van der Waals surface area contributed by atoms with Gasteiger partial charge in [0.05, 0.1) is 11.4 Å². The Kier molecular flexibility index (Phi) is 3.46. The molecule has 0 spiro atoms. The molecule has 0 fully saturated rings. The molecule has 1 aromatic heterocycles. The fourth-order valence-corrected chi connectivity index (χ4v) is 2.87. The molecule has 0 saturated heterocycles. The highest BCUT2D eigenvalue weighted by Crippen LogP contribution is 2.41. The number of amides is 1. The Morgan fingerprint density at radius 3 is 2.74 bits per heavy atom. The molecule has 3 rings (SSSR count). The normalized spacial score (nSPS) is 18.1. The Morgan fingerprint density at radius 2 is 2.13 bits per heavy atom. The van der Waals surface area contributed by atoms with Crippen LogP contribution >= 0.6 is 0 Å². The van der Waals surface area contributed by atoms with Gasteiger partial charge in [0, 0.05) is 29.3 Å². The van der Waals surface area contributed by atoms with Gasteiger partial charge in [0.1, 0.15) is 5.60 Å². The van der Waals surface area contributed by atoms with E-state index in [-0.39, 0.29) is 11.5 Å². The fraction of sp³-hybridized carbons (Fsp3) is 0.421. The van der Waals surface area contributed by atoms with Crippen molar-refractivity contribution in [3.8, 4) is 0 Å². The quantitative estimate of drug-likeness (QED) is 0.729. The third-order valence-electron chi connectivity index (χ3n) is 3.94. The van der Waals surface area contributed by atoms with Crippen LogP contribution in [0.3, 0.4) is 0 Å². The van der Waals surface area contributed by atoms with Gasteiger partial charge < -0.3 is 4.74 Å². The molecule has 1 amide bonds. The minimum absolute atomic E-state index is 0.145. The number of carbonyl (C=O) groups excluding carboxylic acids is 1. The molecule has 2 heterocycles. The molecular weight excluding hydrogens is 288 g/mol. The summed E-state index contributed by atoms with van der Waals surface area (Å²) in [6.45, 7) is 10.5. The number of ether oxygens (including phenoxy) is 1. The zero-order valence-corrected chi connectivity index (χ0v) is 14.3. The van der Waals surface area contributed by atoms with E-state index < -0.39 is 5.60 Å². The standard InChI is InChI=1S/C19H22N2O2/c1-18(2,3)23-17(22)21-12-19(4,5)14-11-20-15(10-16(14)21)13-8-6-7-9-13/h6-8,10-11H,12H2,1-5H3. The van der Waals surface area contributed by atoms with Crippen LogP contribution < -0.4 is 4.90 Å². The van der Waals surface area contributed by atoms with Gasteiger partial charge in [-0.1, -0.05) is 19.9 Å². The van der Waals surface area contributed by atoms with Crippen LogP contribution in [0.4, 0.5) is 10.5 Å². The van der Waals surface area contributed by atoms with Gasteiger partial charge in [-0.15, -0.1) is 5.73 Å². The second-order valence-corrected chi connectivity index (χ2v) is 7.62. The van der Waals surface area contributed by atoms with Gasteiger partial charge in [0.2, 0.25) is 0 Å². The summed E-state index contributed by atoms with van der Waals surface area (Å²) in [4.78, 5) is 18.8. The number of rotatable bonds is 1. The monoisotopic (exact) mass is 310 g/mol. The van der Waals surface area contributed by atoms with Crippen LogP contribution in [0.25, 0.3) is 5.57 Å². The predicted octanol–water partition coefficient (Wildman–Crippen LogP) is 4.22. The summed E-state index contributed by atoms with van der Waals surface area (Å²) in [6.07, 6.45) is 7.32. The van der Waals surface area contributed by atoms with Gasteiger partial charge in [-0.25, -0.2) is 4.79 Å². The van der Waals surface area contributed by atoms with E-state index in [4.69, 9.17) is 4.74 Å². The minimum atomic E-state index is -0.515. The van der Waals surface area contributed by atoms with Crippen molar-refractivity contribution < 1.29 is 9.53 Å². The number of fused-ring (bicyclic) bond motifs is 1. The Bertz CT molecular complexity index is 760. The van der Waals surface area contributed by atoms with E-state index in [2.05, 4.69) is 24.6 Å². The lowest BCUT2D eigenvalue weighted by molar-refractivity contribution is 0.0579. The summed E-state index contributed by atoms with van der Waals surface area (Å²) in [6, 6.07) is 1.96. The lowest BCUT2D eigenvalue weighted by atomic mass is 9.88. The largest absolute Gasteiger partial charge is 0.443 e. The first-order valence-electron chi connectivity index (χ1n) is 7.82.